The first kappa shape index (κ1) is 16.5. The van der Waals surface area contributed by atoms with Gasteiger partial charge >= 0.3 is 5.97 Å². The fraction of sp³-hybridized carbons (Fsp3) is 0.0476. The molecule has 0 atom stereocenters. The van der Waals surface area contributed by atoms with Crippen molar-refractivity contribution in [1.82, 2.24) is 5.32 Å². The molecule has 0 aliphatic carbocycles. The van der Waals surface area contributed by atoms with Gasteiger partial charge in [-0.05, 0) is 34.5 Å². The summed E-state index contributed by atoms with van der Waals surface area (Å²) in [6, 6.07) is 22.3. The largest absolute Gasteiger partial charge is 0.464 e. The number of carbonyl (C=O) groups is 2. The standard InChI is InChI=1S/C21H17NO3/c1-25-21(24)19(22-20(23)16-9-3-2-4-10-16)14-17-12-7-11-15-8-5-6-13-18(15)17/h2-14H,1H3,(H,22,23). The van der Waals surface area contributed by atoms with Crippen LogP contribution in [0.5, 0.6) is 0 Å². The topological polar surface area (TPSA) is 55.4 Å². The van der Waals surface area contributed by atoms with Crippen LogP contribution in [0.3, 0.4) is 0 Å². The van der Waals surface area contributed by atoms with E-state index in [9.17, 15) is 9.59 Å². The molecule has 0 aliphatic heterocycles. The molecule has 4 nitrogen and oxygen atoms in total. The third-order valence-electron chi connectivity index (χ3n) is 3.81. The predicted octanol–water partition coefficient (Wildman–Crippen LogP) is 3.78. The Kier molecular flexibility index (Phi) is 4.90. The van der Waals surface area contributed by atoms with Crippen LogP contribution in [0.4, 0.5) is 0 Å². The first-order valence-corrected chi connectivity index (χ1v) is 7.83. The Labute approximate surface area is 145 Å². The number of fused-ring (bicyclic) bond motifs is 1. The summed E-state index contributed by atoms with van der Waals surface area (Å²) in [5.41, 5.74) is 1.38. The molecule has 1 N–H and O–H groups in total. The second kappa shape index (κ2) is 7.45. The van der Waals surface area contributed by atoms with Crippen LogP contribution in [0.2, 0.25) is 0 Å². The maximum absolute atomic E-state index is 12.4. The molecule has 0 saturated heterocycles. The molecule has 0 spiro atoms. The van der Waals surface area contributed by atoms with Crippen molar-refractivity contribution in [2.75, 3.05) is 7.11 Å². The normalized spacial score (nSPS) is 11.2. The Morgan fingerprint density at radius 2 is 1.56 bits per heavy atom. The number of hydrogen-bond donors (Lipinski definition) is 1. The average Bonchev–Trinajstić information content (AvgIpc) is 2.67. The number of nitrogens with one attached hydrogen (secondary N) is 1. The molecule has 124 valence electrons. The van der Waals surface area contributed by atoms with Crippen LogP contribution < -0.4 is 5.32 Å². The van der Waals surface area contributed by atoms with Crippen molar-refractivity contribution in [3.8, 4) is 0 Å². The number of benzene rings is 3. The van der Waals surface area contributed by atoms with Gasteiger partial charge in [-0.1, -0.05) is 60.7 Å². The molecule has 0 fully saturated rings. The zero-order valence-corrected chi connectivity index (χ0v) is 13.7. The van der Waals surface area contributed by atoms with Gasteiger partial charge in [-0.2, -0.15) is 0 Å². The Morgan fingerprint density at radius 1 is 0.880 bits per heavy atom. The van der Waals surface area contributed by atoms with E-state index < -0.39 is 5.97 Å². The predicted molar refractivity (Wildman–Crippen MR) is 97.8 cm³/mol. The Morgan fingerprint density at radius 3 is 2.32 bits per heavy atom. The van der Waals surface area contributed by atoms with Gasteiger partial charge in [0.05, 0.1) is 7.11 Å². The molecule has 3 aromatic rings. The quantitative estimate of drug-likeness (QED) is 0.585. The van der Waals surface area contributed by atoms with E-state index in [1.54, 1.807) is 30.3 Å². The minimum Gasteiger partial charge on any atom is -0.464 e. The summed E-state index contributed by atoms with van der Waals surface area (Å²) in [6.45, 7) is 0. The summed E-state index contributed by atoms with van der Waals surface area (Å²) in [4.78, 5) is 24.5. The van der Waals surface area contributed by atoms with Gasteiger partial charge in [0.25, 0.3) is 5.91 Å². The van der Waals surface area contributed by atoms with Crippen LogP contribution in [-0.4, -0.2) is 19.0 Å². The maximum Gasteiger partial charge on any atom is 0.354 e. The second-order valence-electron chi connectivity index (χ2n) is 5.44. The van der Waals surface area contributed by atoms with E-state index in [0.29, 0.717) is 5.56 Å². The van der Waals surface area contributed by atoms with Crippen molar-refractivity contribution in [2.45, 2.75) is 0 Å². The SMILES string of the molecule is COC(=O)C(=Cc1cccc2ccccc12)NC(=O)c1ccccc1. The third kappa shape index (κ3) is 3.75. The first-order valence-electron chi connectivity index (χ1n) is 7.83. The van der Waals surface area contributed by atoms with E-state index in [1.165, 1.54) is 7.11 Å². The zero-order chi connectivity index (χ0) is 17.6. The fourth-order valence-corrected chi connectivity index (χ4v) is 2.57. The van der Waals surface area contributed by atoms with Gasteiger partial charge in [0.15, 0.2) is 0 Å². The van der Waals surface area contributed by atoms with Crippen molar-refractivity contribution in [2.24, 2.45) is 0 Å². The highest BCUT2D eigenvalue weighted by atomic mass is 16.5. The highest BCUT2D eigenvalue weighted by molar-refractivity contribution is 6.04. The van der Waals surface area contributed by atoms with Crippen LogP contribution in [0, 0.1) is 0 Å². The smallest absolute Gasteiger partial charge is 0.354 e. The Bertz CT molecular complexity index is 940. The van der Waals surface area contributed by atoms with Crippen molar-refractivity contribution in [3.63, 3.8) is 0 Å². The van der Waals surface area contributed by atoms with Gasteiger partial charge in [-0.3, -0.25) is 4.79 Å². The second-order valence-corrected chi connectivity index (χ2v) is 5.44. The van der Waals surface area contributed by atoms with Crippen molar-refractivity contribution >= 4 is 28.7 Å². The van der Waals surface area contributed by atoms with Gasteiger partial charge in [-0.15, -0.1) is 0 Å². The molecule has 3 rings (SSSR count). The van der Waals surface area contributed by atoms with E-state index in [-0.39, 0.29) is 11.6 Å². The molecule has 0 unspecified atom stereocenters. The number of methoxy groups -OCH3 is 1. The Hall–Kier alpha value is -3.40. The number of rotatable bonds is 4. The van der Waals surface area contributed by atoms with Crippen molar-refractivity contribution in [3.05, 3.63) is 89.6 Å². The minimum absolute atomic E-state index is 0.0905. The fourth-order valence-electron chi connectivity index (χ4n) is 2.57. The average molecular weight is 331 g/mol. The molecule has 0 heterocycles. The van der Waals surface area contributed by atoms with E-state index in [0.717, 1.165) is 16.3 Å². The zero-order valence-electron chi connectivity index (χ0n) is 13.7. The summed E-state index contributed by atoms with van der Waals surface area (Å²) in [7, 11) is 1.29. The van der Waals surface area contributed by atoms with E-state index in [1.807, 2.05) is 48.5 Å². The van der Waals surface area contributed by atoms with Gasteiger partial charge in [-0.25, -0.2) is 4.79 Å². The van der Waals surface area contributed by atoms with Crippen LogP contribution in [0.15, 0.2) is 78.5 Å². The number of ether oxygens (including phenoxy) is 1. The van der Waals surface area contributed by atoms with Crippen LogP contribution in [0.1, 0.15) is 15.9 Å². The molecular formula is C21H17NO3. The molecule has 1 amide bonds. The lowest BCUT2D eigenvalue weighted by atomic mass is 10.0. The van der Waals surface area contributed by atoms with Gasteiger partial charge < -0.3 is 10.1 Å². The van der Waals surface area contributed by atoms with E-state index in [4.69, 9.17) is 4.74 Å². The highest BCUT2D eigenvalue weighted by Gasteiger charge is 2.15. The van der Waals surface area contributed by atoms with E-state index >= 15 is 0 Å². The lowest BCUT2D eigenvalue weighted by Gasteiger charge is -2.09. The van der Waals surface area contributed by atoms with Crippen LogP contribution in [0.25, 0.3) is 16.8 Å². The summed E-state index contributed by atoms with van der Waals surface area (Å²) in [5.74, 6) is -0.963. The number of hydrogen-bond acceptors (Lipinski definition) is 3. The minimum atomic E-state index is -0.600. The summed E-state index contributed by atoms with van der Waals surface area (Å²) in [5, 5.41) is 4.68. The van der Waals surface area contributed by atoms with Crippen molar-refractivity contribution < 1.29 is 14.3 Å². The molecule has 4 heteroatoms. The third-order valence-corrected chi connectivity index (χ3v) is 3.81. The number of carbonyl (C=O) groups excluding carboxylic acids is 2. The lowest BCUT2D eigenvalue weighted by Crippen LogP contribution is -2.28. The van der Waals surface area contributed by atoms with Gasteiger partial charge in [0.2, 0.25) is 0 Å². The maximum atomic E-state index is 12.4. The van der Waals surface area contributed by atoms with Gasteiger partial charge in [0.1, 0.15) is 5.70 Å². The van der Waals surface area contributed by atoms with E-state index in [2.05, 4.69) is 5.32 Å². The van der Waals surface area contributed by atoms with Crippen molar-refractivity contribution in [1.29, 1.82) is 0 Å². The summed E-state index contributed by atoms with van der Waals surface area (Å²) < 4.78 is 4.81. The number of esters is 1. The summed E-state index contributed by atoms with van der Waals surface area (Å²) in [6.07, 6.45) is 1.63. The van der Waals surface area contributed by atoms with Crippen LogP contribution in [-0.2, 0) is 9.53 Å². The molecule has 3 aromatic carbocycles. The van der Waals surface area contributed by atoms with Crippen LogP contribution >= 0.6 is 0 Å². The Balaban J connectivity index is 1.99. The molecule has 25 heavy (non-hydrogen) atoms. The molecule has 0 saturated carbocycles. The first-order chi connectivity index (χ1) is 12.2. The molecule has 0 bridgehead atoms. The molecule has 0 radical (unpaired) electrons. The monoisotopic (exact) mass is 331 g/mol. The molecule has 0 aromatic heterocycles. The molecular weight excluding hydrogens is 314 g/mol. The number of amides is 1. The molecule has 0 aliphatic rings. The van der Waals surface area contributed by atoms with Gasteiger partial charge in [0, 0.05) is 5.56 Å². The lowest BCUT2D eigenvalue weighted by molar-refractivity contribution is -0.136. The summed E-state index contributed by atoms with van der Waals surface area (Å²) >= 11 is 0. The highest BCUT2D eigenvalue weighted by Crippen LogP contribution is 2.20.